The first kappa shape index (κ1) is 10.9. The van der Waals surface area contributed by atoms with Gasteiger partial charge in [-0.15, -0.1) is 0 Å². The predicted molar refractivity (Wildman–Crippen MR) is 63.0 cm³/mol. The van der Waals surface area contributed by atoms with Gasteiger partial charge in [-0.3, -0.25) is 9.78 Å². The van der Waals surface area contributed by atoms with Gasteiger partial charge < -0.3 is 10.6 Å². The zero-order valence-corrected chi connectivity index (χ0v) is 9.52. The molecule has 1 aromatic heterocycles. The number of carbonyl (C=O) groups is 1. The molecule has 0 aliphatic heterocycles. The van der Waals surface area contributed by atoms with Gasteiger partial charge in [0.15, 0.2) is 0 Å². The standard InChI is InChI=1S/C12H17N3O/c1-15(8-9-3-2-4-9)12(16)11-7-10(13)5-6-14-11/h5-7,9H,2-4,8H2,1H3,(H2,13,14). The van der Waals surface area contributed by atoms with Crippen molar-refractivity contribution in [1.82, 2.24) is 9.88 Å². The summed E-state index contributed by atoms with van der Waals surface area (Å²) in [4.78, 5) is 17.8. The lowest BCUT2D eigenvalue weighted by atomic mass is 9.85. The molecule has 0 bridgehead atoms. The molecule has 0 aromatic carbocycles. The summed E-state index contributed by atoms with van der Waals surface area (Å²) in [6.45, 7) is 0.829. The number of carbonyl (C=O) groups excluding carboxylic acids is 1. The van der Waals surface area contributed by atoms with E-state index in [1.165, 1.54) is 19.3 Å². The van der Waals surface area contributed by atoms with Crippen LogP contribution in [-0.2, 0) is 0 Å². The molecule has 2 N–H and O–H groups in total. The van der Waals surface area contributed by atoms with Crippen molar-refractivity contribution in [3.63, 3.8) is 0 Å². The molecule has 0 radical (unpaired) electrons. The minimum Gasteiger partial charge on any atom is -0.399 e. The van der Waals surface area contributed by atoms with Crippen LogP contribution in [0, 0.1) is 5.92 Å². The largest absolute Gasteiger partial charge is 0.399 e. The second kappa shape index (κ2) is 4.51. The maximum atomic E-state index is 12.0. The van der Waals surface area contributed by atoms with E-state index in [-0.39, 0.29) is 5.91 Å². The molecule has 1 amide bonds. The van der Waals surface area contributed by atoms with Crippen molar-refractivity contribution in [2.24, 2.45) is 5.92 Å². The van der Waals surface area contributed by atoms with Crippen LogP contribution in [0.3, 0.4) is 0 Å². The lowest BCUT2D eigenvalue weighted by molar-refractivity contribution is 0.0739. The molecule has 1 fully saturated rings. The smallest absolute Gasteiger partial charge is 0.272 e. The molecule has 1 aliphatic carbocycles. The Kier molecular flexibility index (Phi) is 3.08. The molecular formula is C12H17N3O. The first-order chi connectivity index (χ1) is 7.66. The molecular weight excluding hydrogens is 202 g/mol. The quantitative estimate of drug-likeness (QED) is 0.838. The number of nitrogens with two attached hydrogens (primary N) is 1. The summed E-state index contributed by atoms with van der Waals surface area (Å²) in [5.74, 6) is 0.634. The van der Waals surface area contributed by atoms with E-state index in [0.717, 1.165) is 6.54 Å². The average Bonchev–Trinajstić information content (AvgIpc) is 2.22. The molecule has 0 spiro atoms. The monoisotopic (exact) mass is 219 g/mol. The van der Waals surface area contributed by atoms with Gasteiger partial charge in [0.05, 0.1) is 0 Å². The fraction of sp³-hybridized carbons (Fsp3) is 0.500. The molecule has 86 valence electrons. The van der Waals surface area contributed by atoms with E-state index < -0.39 is 0 Å². The summed E-state index contributed by atoms with van der Waals surface area (Å²) in [5, 5.41) is 0. The van der Waals surface area contributed by atoms with Crippen LogP contribution in [0.25, 0.3) is 0 Å². The zero-order chi connectivity index (χ0) is 11.5. The molecule has 1 aliphatic rings. The molecule has 1 saturated carbocycles. The Labute approximate surface area is 95.5 Å². The number of aromatic nitrogens is 1. The maximum absolute atomic E-state index is 12.0. The second-order valence-electron chi connectivity index (χ2n) is 4.46. The number of hydrogen-bond acceptors (Lipinski definition) is 3. The van der Waals surface area contributed by atoms with E-state index in [9.17, 15) is 4.79 Å². The van der Waals surface area contributed by atoms with Crippen LogP contribution in [0.2, 0.25) is 0 Å². The van der Waals surface area contributed by atoms with Crippen LogP contribution >= 0.6 is 0 Å². The van der Waals surface area contributed by atoms with Gasteiger partial charge in [0.25, 0.3) is 5.91 Å². The van der Waals surface area contributed by atoms with Crippen LogP contribution in [-0.4, -0.2) is 29.4 Å². The van der Waals surface area contributed by atoms with Crippen molar-refractivity contribution in [1.29, 1.82) is 0 Å². The Bertz CT molecular complexity index is 388. The minimum absolute atomic E-state index is 0.0424. The number of nitrogen functional groups attached to an aromatic ring is 1. The molecule has 0 unspecified atom stereocenters. The summed E-state index contributed by atoms with van der Waals surface area (Å²) in [5.41, 5.74) is 6.64. The van der Waals surface area contributed by atoms with Gasteiger partial charge >= 0.3 is 0 Å². The van der Waals surface area contributed by atoms with Crippen LogP contribution in [0.4, 0.5) is 5.69 Å². The van der Waals surface area contributed by atoms with Crippen molar-refractivity contribution in [3.8, 4) is 0 Å². The first-order valence-corrected chi connectivity index (χ1v) is 5.64. The third-order valence-corrected chi connectivity index (χ3v) is 3.11. The number of amides is 1. The number of rotatable bonds is 3. The number of nitrogens with zero attached hydrogens (tertiary/aromatic N) is 2. The highest BCUT2D eigenvalue weighted by Gasteiger charge is 2.22. The van der Waals surface area contributed by atoms with E-state index >= 15 is 0 Å². The van der Waals surface area contributed by atoms with Crippen LogP contribution in [0.15, 0.2) is 18.3 Å². The van der Waals surface area contributed by atoms with Crippen LogP contribution in [0.1, 0.15) is 29.8 Å². The number of hydrogen-bond donors (Lipinski definition) is 1. The van der Waals surface area contributed by atoms with Gasteiger partial charge in [0, 0.05) is 25.5 Å². The summed E-state index contributed by atoms with van der Waals surface area (Å²) in [6, 6.07) is 3.31. The van der Waals surface area contributed by atoms with E-state index in [4.69, 9.17) is 5.73 Å². The van der Waals surface area contributed by atoms with Crippen molar-refractivity contribution in [2.75, 3.05) is 19.3 Å². The third kappa shape index (κ3) is 2.32. The molecule has 4 heteroatoms. The fourth-order valence-corrected chi connectivity index (χ4v) is 1.90. The van der Waals surface area contributed by atoms with Crippen molar-refractivity contribution in [3.05, 3.63) is 24.0 Å². The Hall–Kier alpha value is -1.58. The molecule has 0 atom stereocenters. The zero-order valence-electron chi connectivity index (χ0n) is 9.52. The SMILES string of the molecule is CN(CC1CCC1)C(=O)c1cc(N)ccn1. The normalized spacial score (nSPS) is 15.6. The van der Waals surface area contributed by atoms with E-state index in [2.05, 4.69) is 4.98 Å². The summed E-state index contributed by atoms with van der Waals surface area (Å²) in [7, 11) is 1.82. The fourth-order valence-electron chi connectivity index (χ4n) is 1.90. The van der Waals surface area contributed by atoms with Gasteiger partial charge in [-0.2, -0.15) is 0 Å². The van der Waals surface area contributed by atoms with Gasteiger partial charge in [0.2, 0.25) is 0 Å². The molecule has 1 heterocycles. The lowest BCUT2D eigenvalue weighted by Gasteiger charge is -2.29. The van der Waals surface area contributed by atoms with Crippen molar-refractivity contribution >= 4 is 11.6 Å². The van der Waals surface area contributed by atoms with Crippen LogP contribution in [0.5, 0.6) is 0 Å². The van der Waals surface area contributed by atoms with Gasteiger partial charge in [0.1, 0.15) is 5.69 Å². The number of pyridine rings is 1. The molecule has 0 saturated heterocycles. The molecule has 2 rings (SSSR count). The summed E-state index contributed by atoms with van der Waals surface area (Å²) >= 11 is 0. The lowest BCUT2D eigenvalue weighted by Crippen LogP contribution is -2.34. The Morgan fingerprint density at radius 1 is 1.62 bits per heavy atom. The summed E-state index contributed by atoms with van der Waals surface area (Å²) in [6.07, 6.45) is 5.34. The maximum Gasteiger partial charge on any atom is 0.272 e. The van der Waals surface area contributed by atoms with E-state index in [1.807, 2.05) is 7.05 Å². The summed E-state index contributed by atoms with van der Waals surface area (Å²) < 4.78 is 0. The van der Waals surface area contributed by atoms with E-state index in [1.54, 1.807) is 23.2 Å². The minimum atomic E-state index is -0.0424. The molecule has 4 nitrogen and oxygen atoms in total. The second-order valence-corrected chi connectivity index (χ2v) is 4.46. The van der Waals surface area contributed by atoms with Gasteiger partial charge in [-0.05, 0) is 30.9 Å². The Morgan fingerprint density at radius 2 is 2.38 bits per heavy atom. The number of anilines is 1. The van der Waals surface area contributed by atoms with Gasteiger partial charge in [-0.25, -0.2) is 0 Å². The molecule has 16 heavy (non-hydrogen) atoms. The highest BCUT2D eigenvalue weighted by atomic mass is 16.2. The first-order valence-electron chi connectivity index (χ1n) is 5.64. The highest BCUT2D eigenvalue weighted by Crippen LogP contribution is 2.27. The topological polar surface area (TPSA) is 59.2 Å². The Morgan fingerprint density at radius 3 is 2.94 bits per heavy atom. The van der Waals surface area contributed by atoms with Crippen molar-refractivity contribution in [2.45, 2.75) is 19.3 Å². The van der Waals surface area contributed by atoms with Crippen molar-refractivity contribution < 1.29 is 4.79 Å². The Balaban J connectivity index is 2.00. The highest BCUT2D eigenvalue weighted by molar-refractivity contribution is 5.92. The predicted octanol–water partition coefficient (Wildman–Crippen LogP) is 1.54. The van der Waals surface area contributed by atoms with Gasteiger partial charge in [-0.1, -0.05) is 6.42 Å². The molecule has 1 aromatic rings. The van der Waals surface area contributed by atoms with E-state index in [0.29, 0.717) is 17.3 Å². The third-order valence-electron chi connectivity index (χ3n) is 3.11. The van der Waals surface area contributed by atoms with Crippen LogP contribution < -0.4 is 5.73 Å². The average molecular weight is 219 g/mol.